The van der Waals surface area contributed by atoms with E-state index in [1.807, 2.05) is 66.7 Å². The number of hydrogen-bond donors (Lipinski definition) is 1. The molecule has 5 rings (SSSR count). The van der Waals surface area contributed by atoms with Gasteiger partial charge in [-0.25, -0.2) is 10.4 Å². The number of benzene rings is 4. The van der Waals surface area contributed by atoms with Crippen LogP contribution in [0.25, 0.3) is 11.0 Å². The van der Waals surface area contributed by atoms with Gasteiger partial charge >= 0.3 is 0 Å². The van der Waals surface area contributed by atoms with Gasteiger partial charge in [0.1, 0.15) is 6.61 Å². The van der Waals surface area contributed by atoms with Gasteiger partial charge in [0, 0.05) is 0 Å². The highest BCUT2D eigenvalue weighted by molar-refractivity contribution is 7.99. The molecule has 0 unspecified atom stereocenters. The van der Waals surface area contributed by atoms with Gasteiger partial charge in [0.15, 0.2) is 16.7 Å². The first-order valence-corrected chi connectivity index (χ1v) is 13.9. The number of para-hydroxylation sites is 2. The Labute approximate surface area is 237 Å². The molecule has 7 nitrogen and oxygen atoms in total. The smallest absolute Gasteiger partial charge is 0.250 e. The van der Waals surface area contributed by atoms with Gasteiger partial charge < -0.3 is 14.0 Å². The standard InChI is InChI=1S/C32H30N4O3S/c1-23-12-14-24(15-13-23)20-36-28-11-7-6-10-27(28)34-32(36)40-22-31(37)35-33-19-26-16-17-29(38-2)30(18-26)39-21-25-8-4-3-5-9-25/h3-19H,20-22H2,1-2H3,(H,35,37). The number of nitrogens with zero attached hydrogens (tertiary/aromatic N) is 3. The van der Waals surface area contributed by atoms with Crippen molar-refractivity contribution in [1.82, 2.24) is 15.0 Å². The molecule has 1 amide bonds. The molecule has 4 aromatic carbocycles. The van der Waals surface area contributed by atoms with Crippen molar-refractivity contribution in [3.05, 3.63) is 119 Å². The number of methoxy groups -OCH3 is 1. The highest BCUT2D eigenvalue weighted by atomic mass is 32.2. The molecule has 1 N–H and O–H groups in total. The normalized spacial score (nSPS) is 11.2. The van der Waals surface area contributed by atoms with Gasteiger partial charge in [0.2, 0.25) is 0 Å². The summed E-state index contributed by atoms with van der Waals surface area (Å²) in [5.74, 6) is 1.19. The summed E-state index contributed by atoms with van der Waals surface area (Å²) in [6, 6.07) is 31.9. The summed E-state index contributed by atoms with van der Waals surface area (Å²) in [4.78, 5) is 17.4. The highest BCUT2D eigenvalue weighted by Gasteiger charge is 2.13. The molecule has 0 atom stereocenters. The Balaban J connectivity index is 1.21. The molecule has 0 bridgehead atoms. The third kappa shape index (κ3) is 6.90. The lowest BCUT2D eigenvalue weighted by molar-refractivity contribution is -0.118. The Morgan fingerprint density at radius 1 is 0.950 bits per heavy atom. The van der Waals surface area contributed by atoms with Crippen molar-refractivity contribution in [2.45, 2.75) is 25.2 Å². The van der Waals surface area contributed by atoms with Crippen molar-refractivity contribution in [2.75, 3.05) is 12.9 Å². The number of rotatable bonds is 11. The molecule has 1 heterocycles. The van der Waals surface area contributed by atoms with Crippen LogP contribution in [0.2, 0.25) is 0 Å². The molecule has 5 aromatic rings. The predicted molar refractivity (Wildman–Crippen MR) is 160 cm³/mol. The Hall–Kier alpha value is -4.56. The Morgan fingerprint density at radius 3 is 2.52 bits per heavy atom. The van der Waals surface area contributed by atoms with E-state index in [1.165, 1.54) is 22.9 Å². The summed E-state index contributed by atoms with van der Waals surface area (Å²) in [5.41, 5.74) is 8.78. The van der Waals surface area contributed by atoms with E-state index in [-0.39, 0.29) is 11.7 Å². The maximum atomic E-state index is 12.6. The number of thioether (sulfide) groups is 1. The van der Waals surface area contributed by atoms with E-state index in [2.05, 4.69) is 52.3 Å². The molecule has 0 aliphatic carbocycles. The first-order valence-electron chi connectivity index (χ1n) is 12.9. The first kappa shape index (κ1) is 27.0. The summed E-state index contributed by atoms with van der Waals surface area (Å²) >= 11 is 1.39. The van der Waals surface area contributed by atoms with Crippen LogP contribution in [0.5, 0.6) is 11.5 Å². The van der Waals surface area contributed by atoms with E-state index >= 15 is 0 Å². The number of hydrazone groups is 1. The molecule has 0 saturated carbocycles. The van der Waals surface area contributed by atoms with Gasteiger partial charge in [-0.05, 0) is 53.9 Å². The molecule has 0 spiro atoms. The van der Waals surface area contributed by atoms with Crippen LogP contribution in [0.4, 0.5) is 0 Å². The number of nitrogens with one attached hydrogen (secondary N) is 1. The van der Waals surface area contributed by atoms with Crippen LogP contribution < -0.4 is 14.9 Å². The molecule has 202 valence electrons. The van der Waals surface area contributed by atoms with E-state index in [1.54, 1.807) is 13.3 Å². The summed E-state index contributed by atoms with van der Waals surface area (Å²) in [5, 5.41) is 4.94. The van der Waals surface area contributed by atoms with Gasteiger partial charge in [-0.2, -0.15) is 5.10 Å². The molecule has 0 aliphatic rings. The number of imidazole rings is 1. The lowest BCUT2D eigenvalue weighted by Gasteiger charge is -2.11. The minimum Gasteiger partial charge on any atom is -0.493 e. The average molecular weight is 551 g/mol. The van der Waals surface area contributed by atoms with Crippen LogP contribution in [0.15, 0.2) is 107 Å². The van der Waals surface area contributed by atoms with Gasteiger partial charge in [-0.15, -0.1) is 0 Å². The van der Waals surface area contributed by atoms with E-state index in [9.17, 15) is 4.79 Å². The lowest BCUT2D eigenvalue weighted by Crippen LogP contribution is -2.20. The summed E-state index contributed by atoms with van der Waals surface area (Å²) in [6.07, 6.45) is 1.59. The zero-order valence-corrected chi connectivity index (χ0v) is 23.2. The number of fused-ring (bicyclic) bond motifs is 1. The lowest BCUT2D eigenvalue weighted by atomic mass is 10.1. The van der Waals surface area contributed by atoms with E-state index in [4.69, 9.17) is 14.5 Å². The molecular weight excluding hydrogens is 520 g/mol. The minimum atomic E-state index is -0.218. The Bertz CT molecular complexity index is 1620. The molecule has 40 heavy (non-hydrogen) atoms. The van der Waals surface area contributed by atoms with Crippen LogP contribution in [0.1, 0.15) is 22.3 Å². The average Bonchev–Trinajstić information content (AvgIpc) is 3.34. The SMILES string of the molecule is COc1ccc(C=NNC(=O)CSc2nc3ccccc3n2Cc2ccc(C)cc2)cc1OCc1ccccc1. The maximum absolute atomic E-state index is 12.6. The van der Waals surface area contributed by atoms with Gasteiger partial charge in [0.05, 0.1) is 36.7 Å². The molecular formula is C32H30N4O3S. The summed E-state index contributed by atoms with van der Waals surface area (Å²) in [6.45, 7) is 3.17. The van der Waals surface area contributed by atoms with E-state index in [0.717, 1.165) is 27.3 Å². The third-order valence-corrected chi connectivity index (χ3v) is 7.22. The second kappa shape index (κ2) is 13.0. The number of aromatic nitrogens is 2. The van der Waals surface area contributed by atoms with E-state index in [0.29, 0.717) is 24.7 Å². The fourth-order valence-electron chi connectivity index (χ4n) is 4.16. The van der Waals surface area contributed by atoms with Crippen molar-refractivity contribution in [3.8, 4) is 11.5 Å². The number of carbonyl (C=O) groups is 1. The van der Waals surface area contributed by atoms with Crippen molar-refractivity contribution in [1.29, 1.82) is 0 Å². The third-order valence-electron chi connectivity index (χ3n) is 6.24. The maximum Gasteiger partial charge on any atom is 0.250 e. The van der Waals surface area contributed by atoms with Gasteiger partial charge in [-0.3, -0.25) is 4.79 Å². The minimum absolute atomic E-state index is 0.183. The Morgan fingerprint density at radius 2 is 1.73 bits per heavy atom. The van der Waals surface area contributed by atoms with Crippen molar-refractivity contribution in [3.63, 3.8) is 0 Å². The summed E-state index contributed by atoms with van der Waals surface area (Å²) in [7, 11) is 1.60. The molecule has 8 heteroatoms. The molecule has 0 saturated heterocycles. The number of hydrogen-bond acceptors (Lipinski definition) is 6. The van der Waals surface area contributed by atoms with E-state index < -0.39 is 0 Å². The molecule has 1 aromatic heterocycles. The number of ether oxygens (including phenoxy) is 2. The van der Waals surface area contributed by atoms with Crippen LogP contribution in [-0.4, -0.2) is 34.5 Å². The Kier molecular flexibility index (Phi) is 8.78. The molecule has 0 fully saturated rings. The number of aryl methyl sites for hydroxylation is 1. The molecule has 0 radical (unpaired) electrons. The fraction of sp³-hybridized carbons (Fsp3) is 0.156. The fourth-order valence-corrected chi connectivity index (χ4v) is 4.96. The van der Waals surface area contributed by atoms with Crippen molar-refractivity contribution < 1.29 is 14.3 Å². The van der Waals surface area contributed by atoms with Crippen molar-refractivity contribution in [2.24, 2.45) is 5.10 Å². The monoisotopic (exact) mass is 550 g/mol. The zero-order chi connectivity index (χ0) is 27.7. The second-order valence-electron chi connectivity index (χ2n) is 9.22. The highest BCUT2D eigenvalue weighted by Crippen LogP contribution is 2.28. The van der Waals surface area contributed by atoms with Crippen LogP contribution in [0, 0.1) is 6.92 Å². The molecule has 0 aliphatic heterocycles. The predicted octanol–water partition coefficient (Wildman–Crippen LogP) is 6.22. The topological polar surface area (TPSA) is 77.7 Å². The quantitative estimate of drug-likeness (QED) is 0.120. The second-order valence-corrected chi connectivity index (χ2v) is 10.2. The zero-order valence-electron chi connectivity index (χ0n) is 22.4. The summed E-state index contributed by atoms with van der Waals surface area (Å²) < 4.78 is 13.5. The largest absolute Gasteiger partial charge is 0.493 e. The van der Waals surface area contributed by atoms with Gasteiger partial charge in [0.25, 0.3) is 5.91 Å². The van der Waals surface area contributed by atoms with Crippen LogP contribution >= 0.6 is 11.8 Å². The first-order chi connectivity index (χ1) is 19.6. The number of carbonyl (C=O) groups excluding carboxylic acids is 1. The number of amides is 1. The van der Waals surface area contributed by atoms with Crippen LogP contribution in [-0.2, 0) is 17.9 Å². The van der Waals surface area contributed by atoms with Crippen LogP contribution in [0.3, 0.4) is 0 Å². The van der Waals surface area contributed by atoms with Crippen molar-refractivity contribution >= 4 is 34.9 Å². The van der Waals surface area contributed by atoms with Gasteiger partial charge in [-0.1, -0.05) is 84.1 Å².